The first-order valence-corrected chi connectivity index (χ1v) is 11.3. The van der Waals surface area contributed by atoms with Crippen LogP contribution < -0.4 is 15.5 Å². The monoisotopic (exact) mass is 457 g/mol. The SMILES string of the molecule is O=C(NCc1ccc(N2CCCCC2)c(Br)c1)Nc1cccc2c1CC(O)CC2. The molecule has 3 N–H and O–H groups in total. The summed E-state index contributed by atoms with van der Waals surface area (Å²) in [5.74, 6) is 0. The molecular formula is C23H28BrN3O2. The predicted molar refractivity (Wildman–Crippen MR) is 121 cm³/mol. The summed E-state index contributed by atoms with van der Waals surface area (Å²) in [6.45, 7) is 2.67. The lowest BCUT2D eigenvalue weighted by atomic mass is 9.88. The molecule has 0 saturated carbocycles. The van der Waals surface area contributed by atoms with Crippen LogP contribution in [-0.2, 0) is 19.4 Å². The molecule has 2 aliphatic rings. The molecule has 1 unspecified atom stereocenters. The van der Waals surface area contributed by atoms with E-state index in [1.807, 2.05) is 12.1 Å². The standard InChI is InChI=1S/C23H28BrN3O2/c24-20-13-16(7-10-22(20)27-11-2-1-3-12-27)15-25-23(29)26-21-6-4-5-17-8-9-18(28)14-19(17)21/h4-7,10,13,18,28H,1-3,8-9,11-12,14-15H2,(H2,25,26,29). The molecule has 0 aromatic heterocycles. The zero-order valence-electron chi connectivity index (χ0n) is 16.6. The van der Waals surface area contributed by atoms with E-state index in [9.17, 15) is 9.90 Å². The zero-order chi connectivity index (χ0) is 20.2. The fourth-order valence-electron chi connectivity index (χ4n) is 4.29. The summed E-state index contributed by atoms with van der Waals surface area (Å²) in [5, 5.41) is 15.9. The molecule has 154 valence electrons. The summed E-state index contributed by atoms with van der Waals surface area (Å²) in [6, 6.07) is 12.0. The van der Waals surface area contributed by atoms with Gasteiger partial charge in [-0.1, -0.05) is 18.2 Å². The normalized spacial score (nSPS) is 18.8. The molecule has 1 saturated heterocycles. The van der Waals surface area contributed by atoms with Crippen molar-refractivity contribution in [3.8, 4) is 0 Å². The van der Waals surface area contributed by atoms with Crippen LogP contribution in [0.4, 0.5) is 16.2 Å². The molecule has 1 atom stereocenters. The molecule has 4 rings (SSSR count). The second-order valence-electron chi connectivity index (χ2n) is 7.98. The number of aliphatic hydroxyl groups is 1. The number of rotatable bonds is 4. The maximum Gasteiger partial charge on any atom is 0.319 e. The lowest BCUT2D eigenvalue weighted by molar-refractivity contribution is 0.159. The first-order chi connectivity index (χ1) is 14.1. The molecule has 1 aliphatic carbocycles. The van der Waals surface area contributed by atoms with Crippen LogP contribution in [-0.4, -0.2) is 30.3 Å². The highest BCUT2D eigenvalue weighted by atomic mass is 79.9. The van der Waals surface area contributed by atoms with Gasteiger partial charge >= 0.3 is 6.03 Å². The van der Waals surface area contributed by atoms with Crippen molar-refractivity contribution in [2.45, 2.75) is 51.2 Å². The molecule has 2 aromatic rings. The highest BCUT2D eigenvalue weighted by molar-refractivity contribution is 9.10. The Labute approximate surface area is 180 Å². The number of amides is 2. The average Bonchev–Trinajstić information content (AvgIpc) is 2.73. The third kappa shape index (κ3) is 4.93. The number of hydrogen-bond acceptors (Lipinski definition) is 3. The molecule has 29 heavy (non-hydrogen) atoms. The molecular weight excluding hydrogens is 430 g/mol. The third-order valence-electron chi connectivity index (χ3n) is 5.87. The predicted octanol–water partition coefficient (Wildman–Crippen LogP) is 4.61. The van der Waals surface area contributed by atoms with Crippen LogP contribution in [0.1, 0.15) is 42.4 Å². The van der Waals surface area contributed by atoms with Crippen LogP contribution >= 0.6 is 15.9 Å². The Kier molecular flexibility index (Phi) is 6.40. The van der Waals surface area contributed by atoms with E-state index in [-0.39, 0.29) is 12.1 Å². The van der Waals surface area contributed by atoms with Gasteiger partial charge in [-0.25, -0.2) is 4.79 Å². The lowest BCUT2D eigenvalue weighted by Crippen LogP contribution is -2.30. The molecule has 0 bridgehead atoms. The summed E-state index contributed by atoms with van der Waals surface area (Å²) in [4.78, 5) is 14.9. The van der Waals surface area contributed by atoms with Gasteiger partial charge in [0.05, 0.1) is 11.8 Å². The first kappa shape index (κ1) is 20.2. The number of benzene rings is 2. The minimum atomic E-state index is -0.329. The van der Waals surface area contributed by atoms with Crippen molar-refractivity contribution in [2.24, 2.45) is 0 Å². The molecule has 2 amide bonds. The van der Waals surface area contributed by atoms with Crippen molar-refractivity contribution in [3.05, 3.63) is 57.6 Å². The zero-order valence-corrected chi connectivity index (χ0v) is 18.2. The molecule has 1 fully saturated rings. The number of carbonyl (C=O) groups is 1. The van der Waals surface area contributed by atoms with Gasteiger partial charge in [0.15, 0.2) is 0 Å². The van der Waals surface area contributed by atoms with Crippen LogP contribution in [0.5, 0.6) is 0 Å². The van der Waals surface area contributed by atoms with Gasteiger partial charge in [-0.15, -0.1) is 0 Å². The summed E-state index contributed by atoms with van der Waals surface area (Å²) in [5.41, 5.74) is 5.34. The van der Waals surface area contributed by atoms with Gasteiger partial charge in [-0.05, 0) is 82.9 Å². The smallest absolute Gasteiger partial charge is 0.319 e. The summed E-state index contributed by atoms with van der Waals surface area (Å²) in [7, 11) is 0. The third-order valence-corrected chi connectivity index (χ3v) is 6.50. The van der Waals surface area contributed by atoms with E-state index < -0.39 is 0 Å². The van der Waals surface area contributed by atoms with E-state index in [0.717, 1.165) is 47.2 Å². The number of hydrogen-bond donors (Lipinski definition) is 3. The molecule has 5 nitrogen and oxygen atoms in total. The summed E-state index contributed by atoms with van der Waals surface area (Å²) < 4.78 is 1.07. The molecule has 1 heterocycles. The number of piperidine rings is 1. The Morgan fingerprint density at radius 3 is 2.79 bits per heavy atom. The Bertz CT molecular complexity index is 880. The van der Waals surface area contributed by atoms with Gasteiger partial charge in [0.25, 0.3) is 0 Å². The maximum absolute atomic E-state index is 12.4. The number of fused-ring (bicyclic) bond motifs is 1. The van der Waals surface area contributed by atoms with Crippen molar-refractivity contribution in [1.29, 1.82) is 0 Å². The number of carbonyl (C=O) groups excluding carboxylic acids is 1. The van der Waals surface area contributed by atoms with E-state index >= 15 is 0 Å². The maximum atomic E-state index is 12.4. The van der Waals surface area contributed by atoms with Crippen LogP contribution in [0, 0.1) is 0 Å². The topological polar surface area (TPSA) is 64.6 Å². The minimum Gasteiger partial charge on any atom is -0.393 e. The van der Waals surface area contributed by atoms with Crippen LogP contribution in [0.2, 0.25) is 0 Å². The Morgan fingerprint density at radius 2 is 2.00 bits per heavy atom. The molecule has 2 aromatic carbocycles. The average molecular weight is 458 g/mol. The fourth-order valence-corrected chi connectivity index (χ4v) is 4.96. The highest BCUT2D eigenvalue weighted by Gasteiger charge is 2.20. The number of nitrogens with one attached hydrogen (secondary N) is 2. The number of urea groups is 1. The Balaban J connectivity index is 1.36. The Hall–Kier alpha value is -2.05. The molecule has 0 spiro atoms. The van der Waals surface area contributed by atoms with Gasteiger partial charge in [0.1, 0.15) is 0 Å². The highest BCUT2D eigenvalue weighted by Crippen LogP contribution is 2.30. The number of anilines is 2. The van der Waals surface area contributed by atoms with Crippen molar-refractivity contribution in [2.75, 3.05) is 23.3 Å². The van der Waals surface area contributed by atoms with Gasteiger partial charge in [0, 0.05) is 36.2 Å². The number of nitrogens with zero attached hydrogens (tertiary/aromatic N) is 1. The Morgan fingerprint density at radius 1 is 1.17 bits per heavy atom. The number of halogens is 1. The number of aryl methyl sites for hydroxylation is 1. The van der Waals surface area contributed by atoms with E-state index in [0.29, 0.717) is 13.0 Å². The second-order valence-corrected chi connectivity index (χ2v) is 8.84. The van der Waals surface area contributed by atoms with Crippen molar-refractivity contribution < 1.29 is 9.90 Å². The second kappa shape index (κ2) is 9.18. The largest absolute Gasteiger partial charge is 0.393 e. The van der Waals surface area contributed by atoms with Crippen molar-refractivity contribution in [1.82, 2.24) is 5.32 Å². The van der Waals surface area contributed by atoms with Gasteiger partial charge < -0.3 is 20.6 Å². The minimum absolute atomic E-state index is 0.227. The number of aliphatic hydroxyl groups excluding tert-OH is 1. The summed E-state index contributed by atoms with van der Waals surface area (Å²) >= 11 is 3.70. The van der Waals surface area contributed by atoms with Crippen molar-refractivity contribution in [3.63, 3.8) is 0 Å². The summed E-state index contributed by atoms with van der Waals surface area (Å²) in [6.07, 6.45) is 5.71. The first-order valence-electron chi connectivity index (χ1n) is 10.5. The fraction of sp³-hybridized carbons (Fsp3) is 0.435. The van der Waals surface area contributed by atoms with E-state index in [1.165, 1.54) is 30.5 Å². The molecule has 1 aliphatic heterocycles. The quantitative estimate of drug-likeness (QED) is 0.627. The lowest BCUT2D eigenvalue weighted by Gasteiger charge is -2.29. The van der Waals surface area contributed by atoms with E-state index in [1.54, 1.807) is 0 Å². The van der Waals surface area contributed by atoms with E-state index in [2.05, 4.69) is 55.7 Å². The van der Waals surface area contributed by atoms with Crippen LogP contribution in [0.25, 0.3) is 0 Å². The molecule has 0 radical (unpaired) electrons. The van der Waals surface area contributed by atoms with Crippen LogP contribution in [0.15, 0.2) is 40.9 Å². The van der Waals surface area contributed by atoms with Crippen molar-refractivity contribution >= 4 is 33.3 Å². The van der Waals surface area contributed by atoms with Crippen LogP contribution in [0.3, 0.4) is 0 Å². The van der Waals surface area contributed by atoms with E-state index in [4.69, 9.17) is 0 Å². The molecule has 6 heteroatoms. The van der Waals surface area contributed by atoms with Gasteiger partial charge in [-0.3, -0.25) is 0 Å². The van der Waals surface area contributed by atoms with Gasteiger partial charge in [-0.2, -0.15) is 0 Å². The van der Waals surface area contributed by atoms with Gasteiger partial charge in [0.2, 0.25) is 0 Å².